The van der Waals surface area contributed by atoms with Gasteiger partial charge in [-0.05, 0) is 0 Å². The van der Waals surface area contributed by atoms with Crippen molar-refractivity contribution < 1.29 is 18.0 Å². The van der Waals surface area contributed by atoms with E-state index in [1.807, 2.05) is 3.26 Å². The van der Waals surface area contributed by atoms with Crippen LogP contribution in [0.3, 0.4) is 0 Å². The maximum atomic E-state index is 2.83. The van der Waals surface area contributed by atoms with Crippen LogP contribution in [0.4, 0.5) is 0 Å². The summed E-state index contributed by atoms with van der Waals surface area (Å²) < 4.78 is 8.62. The van der Waals surface area contributed by atoms with Gasteiger partial charge in [0.25, 0.3) is 0 Å². The predicted molar refractivity (Wildman–Crippen MR) is 198 cm³/mol. The molecule has 2 unspecified atom stereocenters. The molecule has 0 heterocycles. The molecule has 2 atom stereocenters. The Balaban J connectivity index is 1.23. The van der Waals surface area contributed by atoms with Crippen LogP contribution >= 0.6 is 0 Å². The van der Waals surface area contributed by atoms with Gasteiger partial charge in [-0.25, -0.2) is 0 Å². The number of hydrogen-bond acceptors (Lipinski definition) is 0. The molecule has 0 amide bonds. The third kappa shape index (κ3) is 4.04. The van der Waals surface area contributed by atoms with Gasteiger partial charge < -0.3 is 0 Å². The van der Waals surface area contributed by atoms with E-state index in [4.69, 9.17) is 0 Å². The fourth-order valence-corrected chi connectivity index (χ4v) is 35.0. The molecule has 46 heavy (non-hydrogen) atoms. The summed E-state index contributed by atoms with van der Waals surface area (Å²) in [6.07, 6.45) is 15.6. The Hall–Kier alpha value is -3.94. The molecule has 0 radical (unpaired) electrons. The van der Waals surface area contributed by atoms with Gasteiger partial charge in [-0.3, -0.25) is 0 Å². The fourth-order valence-electron chi connectivity index (χ4n) is 9.84. The van der Waals surface area contributed by atoms with Crippen LogP contribution in [0.15, 0.2) is 133 Å². The Kier molecular flexibility index (Phi) is 6.48. The Morgan fingerprint density at radius 1 is 0.457 bits per heavy atom. The molecule has 0 bridgehead atoms. The normalized spacial score (nSPS) is 18.9. The summed E-state index contributed by atoms with van der Waals surface area (Å²) >= 11 is -4.00. The van der Waals surface area contributed by atoms with Crippen molar-refractivity contribution in [3.8, 4) is 22.3 Å². The minimum absolute atomic E-state index is 0.497. The van der Waals surface area contributed by atoms with Gasteiger partial charge in [0, 0.05) is 0 Å². The van der Waals surface area contributed by atoms with Gasteiger partial charge >= 0.3 is 275 Å². The average molecular weight is 759 g/mol. The summed E-state index contributed by atoms with van der Waals surface area (Å²) in [7, 11) is 0. The first kappa shape index (κ1) is 28.3. The summed E-state index contributed by atoms with van der Waals surface area (Å²) in [5, 5.41) is 5.30. The number of fused-ring (bicyclic) bond motifs is 4. The number of benzene rings is 6. The SMILES string of the molecule is [CH3][Hf]([CH3])(=[C]1CCCC1)([CH]1C=Cc2c(-c3cccc4ccccc34)cccc21)[CH]1C=Cc2c(-c3cccc4ccccc34)cccc21. The van der Waals surface area contributed by atoms with E-state index in [-0.39, 0.29) is 0 Å². The van der Waals surface area contributed by atoms with Crippen molar-refractivity contribution in [1.82, 2.24) is 0 Å². The second-order valence-electron chi connectivity index (χ2n) is 14.8. The molecular weight excluding hydrogens is 719 g/mol. The van der Waals surface area contributed by atoms with Crippen LogP contribution in [0.1, 0.15) is 55.3 Å². The van der Waals surface area contributed by atoms with Crippen molar-refractivity contribution in [2.24, 2.45) is 0 Å². The fraction of sp³-hybridized carbons (Fsp3) is 0.178. The maximum absolute atomic E-state index is 4.00. The van der Waals surface area contributed by atoms with E-state index < -0.39 is 18.0 Å². The van der Waals surface area contributed by atoms with E-state index in [1.54, 1.807) is 11.1 Å². The molecular formula is C45H40Hf. The summed E-state index contributed by atoms with van der Waals surface area (Å²) in [6.45, 7) is 0. The molecule has 1 fully saturated rings. The summed E-state index contributed by atoms with van der Waals surface area (Å²) in [5.41, 5.74) is 11.5. The number of rotatable bonds is 4. The van der Waals surface area contributed by atoms with E-state index >= 15 is 0 Å². The number of hydrogen-bond donors (Lipinski definition) is 0. The zero-order chi connectivity index (χ0) is 30.9. The first-order chi connectivity index (χ1) is 22.5. The summed E-state index contributed by atoms with van der Waals surface area (Å²) in [4.78, 5) is 0. The van der Waals surface area contributed by atoms with Crippen molar-refractivity contribution in [2.45, 2.75) is 42.4 Å². The zero-order valence-electron chi connectivity index (χ0n) is 26.8. The van der Waals surface area contributed by atoms with Gasteiger partial charge in [0.05, 0.1) is 0 Å². The molecule has 0 nitrogen and oxygen atoms in total. The quantitative estimate of drug-likeness (QED) is 0.157. The molecule has 224 valence electrons. The molecule has 1 heteroatoms. The van der Waals surface area contributed by atoms with E-state index in [9.17, 15) is 0 Å². The zero-order valence-corrected chi connectivity index (χ0v) is 30.4. The monoisotopic (exact) mass is 760 g/mol. The van der Waals surface area contributed by atoms with Crippen molar-refractivity contribution in [3.05, 3.63) is 156 Å². The van der Waals surface area contributed by atoms with Crippen LogP contribution in [0, 0.1) is 0 Å². The minimum atomic E-state index is -4.00. The van der Waals surface area contributed by atoms with Gasteiger partial charge in [-0.2, -0.15) is 0 Å². The van der Waals surface area contributed by atoms with Crippen LogP contribution < -0.4 is 0 Å². The molecule has 3 aliphatic carbocycles. The van der Waals surface area contributed by atoms with Crippen LogP contribution in [0.5, 0.6) is 0 Å². The van der Waals surface area contributed by atoms with Gasteiger partial charge in [-0.15, -0.1) is 0 Å². The molecule has 6 aromatic carbocycles. The van der Waals surface area contributed by atoms with Crippen molar-refractivity contribution >= 4 is 37.0 Å². The first-order valence-corrected chi connectivity index (χ1v) is 30.3. The van der Waals surface area contributed by atoms with Crippen molar-refractivity contribution in [1.29, 1.82) is 0 Å². The van der Waals surface area contributed by atoms with Gasteiger partial charge in [-0.1, -0.05) is 0 Å². The topological polar surface area (TPSA) is 0 Å². The van der Waals surface area contributed by atoms with Gasteiger partial charge in [0.1, 0.15) is 0 Å². The number of allylic oxidation sites excluding steroid dienone is 2. The van der Waals surface area contributed by atoms with E-state index in [0.29, 0.717) is 7.35 Å². The molecule has 9 rings (SSSR count). The molecule has 1 saturated carbocycles. The molecule has 0 aliphatic heterocycles. The van der Waals surface area contributed by atoms with Crippen LogP contribution in [0.2, 0.25) is 9.36 Å². The van der Waals surface area contributed by atoms with E-state index in [0.717, 1.165) is 0 Å². The molecule has 0 N–H and O–H groups in total. The summed E-state index contributed by atoms with van der Waals surface area (Å²) in [5.74, 6) is 0. The Morgan fingerprint density at radius 2 is 0.870 bits per heavy atom. The third-order valence-electron chi connectivity index (χ3n) is 12.3. The summed E-state index contributed by atoms with van der Waals surface area (Å²) in [6, 6.07) is 45.6. The Labute approximate surface area is 273 Å². The van der Waals surface area contributed by atoms with Crippen molar-refractivity contribution in [3.63, 3.8) is 0 Å². The molecule has 6 aromatic rings. The predicted octanol–water partition coefficient (Wildman–Crippen LogP) is 12.7. The van der Waals surface area contributed by atoms with Gasteiger partial charge in [0.2, 0.25) is 0 Å². The van der Waals surface area contributed by atoms with E-state index in [2.05, 4.69) is 155 Å². The molecule has 0 saturated heterocycles. The van der Waals surface area contributed by atoms with Gasteiger partial charge in [0.15, 0.2) is 0 Å². The van der Waals surface area contributed by atoms with Crippen molar-refractivity contribution in [2.75, 3.05) is 0 Å². The second kappa shape index (κ2) is 10.5. The average Bonchev–Trinajstić information content (AvgIpc) is 3.89. The van der Waals surface area contributed by atoms with E-state index in [1.165, 1.54) is 80.6 Å². The van der Waals surface area contributed by atoms with Crippen LogP contribution in [0.25, 0.3) is 56.0 Å². The standard InChI is InChI=1S/2C19H13.C5H8.2CH3.Hf/c2*1-2-10-16-14(6-1)8-4-12-18(16)19-13-5-9-15-7-3-11-17(15)19;1-2-4-5-3-1;;;/h2*1-13H;1-4H2;2*1H3;. The third-order valence-corrected chi connectivity index (χ3v) is 39.4. The molecule has 0 aromatic heterocycles. The molecule has 0 spiro atoms. The van der Waals surface area contributed by atoms with Crippen LogP contribution in [-0.2, 0) is 18.0 Å². The Morgan fingerprint density at radius 3 is 1.37 bits per heavy atom. The second-order valence-corrected chi connectivity index (χ2v) is 40.5. The molecule has 3 aliphatic rings. The first-order valence-electron chi connectivity index (χ1n) is 17.2. The van der Waals surface area contributed by atoms with Crippen LogP contribution in [-0.4, -0.2) is 3.26 Å². The Bertz CT molecular complexity index is 2170.